The highest BCUT2D eigenvalue weighted by atomic mass is 32.2. The summed E-state index contributed by atoms with van der Waals surface area (Å²) in [5, 5.41) is 6.14. The molecule has 0 spiro atoms. The van der Waals surface area contributed by atoms with Crippen LogP contribution < -0.4 is 0 Å². The van der Waals surface area contributed by atoms with E-state index in [0.717, 1.165) is 28.3 Å². The molecule has 3 heterocycles. The average molecular weight is 384 g/mol. The second-order valence-electron chi connectivity index (χ2n) is 6.02. The Morgan fingerprint density at radius 1 is 1.15 bits per heavy atom. The number of hydrogen-bond donors (Lipinski definition) is 0. The SMILES string of the molecule is Fc1ccc(-c2noc(CSc3ncnc4sc5c(c34)CCC5)n2)cc1. The van der Waals surface area contributed by atoms with Crippen molar-refractivity contribution < 1.29 is 8.91 Å². The van der Waals surface area contributed by atoms with Crippen molar-refractivity contribution in [2.75, 3.05) is 0 Å². The second kappa shape index (κ2) is 6.44. The van der Waals surface area contributed by atoms with Crippen LogP contribution in [0.25, 0.3) is 21.6 Å². The minimum absolute atomic E-state index is 0.288. The van der Waals surface area contributed by atoms with Gasteiger partial charge < -0.3 is 4.52 Å². The molecule has 0 atom stereocenters. The van der Waals surface area contributed by atoms with Crippen molar-refractivity contribution in [3.05, 3.63) is 52.7 Å². The lowest BCUT2D eigenvalue weighted by molar-refractivity contribution is 0.391. The highest BCUT2D eigenvalue weighted by molar-refractivity contribution is 7.98. The molecule has 1 aromatic carbocycles. The minimum atomic E-state index is -0.288. The molecule has 1 aliphatic rings. The van der Waals surface area contributed by atoms with Gasteiger partial charge >= 0.3 is 0 Å². The monoisotopic (exact) mass is 384 g/mol. The molecule has 4 aromatic rings. The van der Waals surface area contributed by atoms with Gasteiger partial charge in [-0.1, -0.05) is 16.9 Å². The third-order valence-electron chi connectivity index (χ3n) is 4.37. The van der Waals surface area contributed by atoms with Crippen LogP contribution in [0.15, 0.2) is 40.1 Å². The third-order valence-corrected chi connectivity index (χ3v) is 6.54. The van der Waals surface area contributed by atoms with Gasteiger partial charge in [0.2, 0.25) is 11.7 Å². The predicted molar refractivity (Wildman–Crippen MR) is 98.7 cm³/mol. The van der Waals surface area contributed by atoms with E-state index in [1.54, 1.807) is 41.6 Å². The van der Waals surface area contributed by atoms with Crippen molar-refractivity contribution in [1.29, 1.82) is 0 Å². The number of nitrogens with zero attached hydrogens (tertiary/aromatic N) is 4. The van der Waals surface area contributed by atoms with Crippen LogP contribution in [0.3, 0.4) is 0 Å². The Labute approximate surface area is 156 Å². The lowest BCUT2D eigenvalue weighted by Gasteiger charge is -2.01. The van der Waals surface area contributed by atoms with Gasteiger partial charge in [0.25, 0.3) is 0 Å². The number of aryl methyl sites for hydroxylation is 2. The molecule has 0 aliphatic heterocycles. The molecule has 26 heavy (non-hydrogen) atoms. The normalized spacial score (nSPS) is 13.4. The summed E-state index contributed by atoms with van der Waals surface area (Å²) in [5.41, 5.74) is 2.14. The Balaban J connectivity index is 1.39. The summed E-state index contributed by atoms with van der Waals surface area (Å²) in [6, 6.07) is 6.04. The number of thiophene rings is 1. The van der Waals surface area contributed by atoms with Gasteiger partial charge in [-0.2, -0.15) is 4.98 Å². The standard InChI is InChI=1S/C18H13FN4OS2/c19-11-6-4-10(5-7-11)16-22-14(24-23-16)8-25-17-15-12-2-1-3-13(12)26-18(15)21-9-20-17/h4-7,9H,1-3,8H2. The summed E-state index contributed by atoms with van der Waals surface area (Å²) in [6.07, 6.45) is 5.07. The van der Waals surface area contributed by atoms with E-state index in [-0.39, 0.29) is 5.82 Å². The van der Waals surface area contributed by atoms with Crippen molar-refractivity contribution in [3.8, 4) is 11.4 Å². The molecule has 5 rings (SSSR count). The lowest BCUT2D eigenvalue weighted by Crippen LogP contribution is -1.88. The average Bonchev–Trinajstić information content (AvgIpc) is 3.36. The Morgan fingerprint density at radius 3 is 2.92 bits per heavy atom. The van der Waals surface area contributed by atoms with E-state index in [9.17, 15) is 4.39 Å². The number of halogens is 1. The maximum Gasteiger partial charge on any atom is 0.237 e. The van der Waals surface area contributed by atoms with Crippen LogP contribution >= 0.6 is 23.1 Å². The Bertz CT molecular complexity index is 1090. The van der Waals surface area contributed by atoms with Crippen molar-refractivity contribution >= 4 is 33.3 Å². The van der Waals surface area contributed by atoms with E-state index in [4.69, 9.17) is 4.52 Å². The zero-order valence-corrected chi connectivity index (χ0v) is 15.2. The molecular weight excluding hydrogens is 371 g/mol. The quantitative estimate of drug-likeness (QED) is 0.377. The summed E-state index contributed by atoms with van der Waals surface area (Å²) in [5.74, 6) is 1.23. The maximum absolute atomic E-state index is 13.0. The van der Waals surface area contributed by atoms with Crippen molar-refractivity contribution in [2.45, 2.75) is 30.0 Å². The van der Waals surface area contributed by atoms with E-state index in [1.165, 1.54) is 34.4 Å². The number of hydrogen-bond acceptors (Lipinski definition) is 7. The van der Waals surface area contributed by atoms with E-state index >= 15 is 0 Å². The van der Waals surface area contributed by atoms with Crippen LogP contribution in [-0.2, 0) is 18.6 Å². The first-order valence-electron chi connectivity index (χ1n) is 8.24. The van der Waals surface area contributed by atoms with E-state index in [2.05, 4.69) is 20.1 Å². The van der Waals surface area contributed by atoms with Gasteiger partial charge in [0.05, 0.1) is 5.75 Å². The fourth-order valence-corrected chi connectivity index (χ4v) is 5.33. The molecule has 5 nitrogen and oxygen atoms in total. The first-order valence-corrected chi connectivity index (χ1v) is 10.0. The second-order valence-corrected chi connectivity index (χ2v) is 8.07. The third kappa shape index (κ3) is 2.79. The summed E-state index contributed by atoms with van der Waals surface area (Å²) in [4.78, 5) is 15.8. The molecule has 0 saturated carbocycles. The first-order chi connectivity index (χ1) is 12.8. The molecule has 0 bridgehead atoms. The van der Waals surface area contributed by atoms with E-state index in [1.807, 2.05) is 0 Å². The lowest BCUT2D eigenvalue weighted by atomic mass is 10.2. The zero-order chi connectivity index (χ0) is 17.5. The summed E-state index contributed by atoms with van der Waals surface area (Å²) in [6.45, 7) is 0. The molecular formula is C18H13FN4OS2. The Kier molecular flexibility index (Phi) is 3.94. The zero-order valence-electron chi connectivity index (χ0n) is 13.6. The first kappa shape index (κ1) is 15.9. The molecule has 0 saturated heterocycles. The highest BCUT2D eigenvalue weighted by Crippen LogP contribution is 2.40. The Morgan fingerprint density at radius 2 is 2.04 bits per heavy atom. The number of thioether (sulfide) groups is 1. The van der Waals surface area contributed by atoms with Crippen LogP contribution in [0.5, 0.6) is 0 Å². The number of benzene rings is 1. The molecule has 0 fully saturated rings. The fourth-order valence-electron chi connectivity index (χ4n) is 3.17. The molecule has 0 N–H and O–H groups in total. The van der Waals surface area contributed by atoms with Gasteiger partial charge in [-0.25, -0.2) is 14.4 Å². The number of rotatable bonds is 4. The van der Waals surface area contributed by atoms with Crippen LogP contribution in [0.2, 0.25) is 0 Å². The summed E-state index contributed by atoms with van der Waals surface area (Å²) in [7, 11) is 0. The van der Waals surface area contributed by atoms with E-state index in [0.29, 0.717) is 17.5 Å². The molecule has 1 aliphatic carbocycles. The number of aromatic nitrogens is 4. The van der Waals surface area contributed by atoms with Crippen LogP contribution in [0, 0.1) is 5.82 Å². The molecule has 0 amide bonds. The largest absolute Gasteiger partial charge is 0.338 e. The van der Waals surface area contributed by atoms with Gasteiger partial charge in [0.1, 0.15) is 22.0 Å². The van der Waals surface area contributed by atoms with E-state index < -0.39 is 0 Å². The molecule has 130 valence electrons. The maximum atomic E-state index is 13.0. The molecule has 0 unspecified atom stereocenters. The van der Waals surface area contributed by atoms with Crippen LogP contribution in [0.1, 0.15) is 22.8 Å². The van der Waals surface area contributed by atoms with Gasteiger partial charge in [-0.3, -0.25) is 0 Å². The van der Waals surface area contributed by atoms with Gasteiger partial charge in [-0.15, -0.1) is 11.3 Å². The van der Waals surface area contributed by atoms with Crippen molar-refractivity contribution in [3.63, 3.8) is 0 Å². The molecule has 8 heteroatoms. The predicted octanol–water partition coefficient (Wildman–Crippen LogP) is 4.66. The van der Waals surface area contributed by atoms with Crippen LogP contribution in [-0.4, -0.2) is 20.1 Å². The minimum Gasteiger partial charge on any atom is -0.338 e. The van der Waals surface area contributed by atoms with Crippen molar-refractivity contribution in [2.24, 2.45) is 0 Å². The van der Waals surface area contributed by atoms with Gasteiger partial charge in [-0.05, 0) is 49.1 Å². The molecule has 3 aromatic heterocycles. The van der Waals surface area contributed by atoms with Gasteiger partial charge in [0.15, 0.2) is 0 Å². The van der Waals surface area contributed by atoms with Crippen molar-refractivity contribution in [1.82, 2.24) is 20.1 Å². The van der Waals surface area contributed by atoms with Crippen LogP contribution in [0.4, 0.5) is 4.39 Å². The Hall–Kier alpha value is -2.32. The number of fused-ring (bicyclic) bond motifs is 3. The summed E-state index contributed by atoms with van der Waals surface area (Å²) < 4.78 is 18.4. The summed E-state index contributed by atoms with van der Waals surface area (Å²) >= 11 is 3.36. The highest BCUT2D eigenvalue weighted by Gasteiger charge is 2.21. The molecule has 0 radical (unpaired) electrons. The topological polar surface area (TPSA) is 64.7 Å². The van der Waals surface area contributed by atoms with Gasteiger partial charge in [0, 0.05) is 15.8 Å². The fraction of sp³-hybridized carbons (Fsp3) is 0.222. The smallest absolute Gasteiger partial charge is 0.237 e.